The van der Waals surface area contributed by atoms with Gasteiger partial charge in [0.1, 0.15) is 18.9 Å². The Morgan fingerprint density at radius 3 is 0.767 bits per heavy atom. The summed E-state index contributed by atoms with van der Waals surface area (Å²) in [4.78, 5) is 33.0. The first-order valence-corrected chi connectivity index (χ1v) is 9.52. The molecular formula is C27H18O3. The van der Waals surface area contributed by atoms with Crippen LogP contribution >= 0.6 is 0 Å². The van der Waals surface area contributed by atoms with Crippen LogP contribution in [0.2, 0.25) is 0 Å². The van der Waals surface area contributed by atoms with Gasteiger partial charge in [0.2, 0.25) is 0 Å². The van der Waals surface area contributed by atoms with Crippen LogP contribution in [0.15, 0.2) is 91.0 Å². The molecule has 144 valence electrons. The van der Waals surface area contributed by atoms with E-state index in [-0.39, 0.29) is 0 Å². The molecule has 0 amide bonds. The third kappa shape index (κ3) is 4.01. The smallest absolute Gasteiger partial charge is 0.150 e. The molecule has 0 radical (unpaired) electrons. The predicted octanol–water partition coefficient (Wildman–Crippen LogP) is 6.13. The summed E-state index contributed by atoms with van der Waals surface area (Å²) in [6.45, 7) is 0. The zero-order valence-corrected chi connectivity index (χ0v) is 16.1. The highest BCUT2D eigenvalue weighted by molar-refractivity contribution is 5.84. The number of hydrogen-bond donors (Lipinski definition) is 0. The van der Waals surface area contributed by atoms with E-state index in [0.717, 1.165) is 52.2 Å². The molecule has 0 saturated carbocycles. The molecule has 0 unspecified atom stereocenters. The van der Waals surface area contributed by atoms with Gasteiger partial charge in [-0.25, -0.2) is 0 Å². The number of hydrogen-bond acceptors (Lipinski definition) is 3. The first-order valence-electron chi connectivity index (χ1n) is 9.52. The molecule has 4 aromatic carbocycles. The van der Waals surface area contributed by atoms with E-state index in [0.29, 0.717) is 16.7 Å². The molecule has 0 fully saturated rings. The van der Waals surface area contributed by atoms with E-state index in [1.807, 2.05) is 36.4 Å². The van der Waals surface area contributed by atoms with Crippen LogP contribution in [0.3, 0.4) is 0 Å². The highest BCUT2D eigenvalue weighted by Crippen LogP contribution is 2.33. The van der Waals surface area contributed by atoms with Gasteiger partial charge in [0, 0.05) is 16.7 Å². The normalized spacial score (nSPS) is 10.4. The lowest BCUT2D eigenvalue weighted by molar-refractivity contribution is 0.111. The van der Waals surface area contributed by atoms with Gasteiger partial charge < -0.3 is 0 Å². The van der Waals surface area contributed by atoms with Crippen LogP contribution in [0.1, 0.15) is 31.1 Å². The van der Waals surface area contributed by atoms with Crippen molar-refractivity contribution >= 4 is 18.9 Å². The standard InChI is InChI=1S/C27H18O3/c28-16-19-1-7-22(8-2-19)25-13-26(23-9-3-20(17-29)4-10-23)15-27(14-25)24-11-5-21(18-30)6-12-24/h1-18H. The molecule has 0 aliphatic rings. The van der Waals surface area contributed by atoms with Gasteiger partial charge in [0.15, 0.2) is 0 Å². The number of benzene rings is 4. The van der Waals surface area contributed by atoms with E-state index >= 15 is 0 Å². The summed E-state index contributed by atoms with van der Waals surface area (Å²) < 4.78 is 0. The van der Waals surface area contributed by atoms with Gasteiger partial charge in [0.25, 0.3) is 0 Å². The number of rotatable bonds is 6. The summed E-state index contributed by atoms with van der Waals surface area (Å²) >= 11 is 0. The Labute approximate surface area is 174 Å². The zero-order valence-electron chi connectivity index (χ0n) is 16.1. The van der Waals surface area contributed by atoms with Crippen molar-refractivity contribution in [2.45, 2.75) is 0 Å². The maximum Gasteiger partial charge on any atom is 0.150 e. The summed E-state index contributed by atoms with van der Waals surface area (Å²) in [7, 11) is 0. The van der Waals surface area contributed by atoms with Gasteiger partial charge in [-0.05, 0) is 51.6 Å². The molecular weight excluding hydrogens is 372 g/mol. The minimum absolute atomic E-state index is 0.629. The predicted molar refractivity (Wildman–Crippen MR) is 119 cm³/mol. The van der Waals surface area contributed by atoms with Crippen LogP contribution in [0.4, 0.5) is 0 Å². The van der Waals surface area contributed by atoms with Gasteiger partial charge in [-0.2, -0.15) is 0 Å². The Morgan fingerprint density at radius 2 is 0.567 bits per heavy atom. The van der Waals surface area contributed by atoms with Crippen molar-refractivity contribution in [2.75, 3.05) is 0 Å². The molecule has 3 heteroatoms. The zero-order chi connectivity index (χ0) is 20.9. The molecule has 0 atom stereocenters. The van der Waals surface area contributed by atoms with Crippen molar-refractivity contribution < 1.29 is 14.4 Å². The maximum absolute atomic E-state index is 11.0. The number of aldehydes is 3. The lowest BCUT2D eigenvalue weighted by Gasteiger charge is -2.12. The van der Waals surface area contributed by atoms with Crippen LogP contribution in [-0.4, -0.2) is 18.9 Å². The topological polar surface area (TPSA) is 51.2 Å². The lowest BCUT2D eigenvalue weighted by atomic mass is 9.92. The van der Waals surface area contributed by atoms with Crippen molar-refractivity contribution in [3.05, 3.63) is 108 Å². The van der Waals surface area contributed by atoms with Crippen LogP contribution in [0.5, 0.6) is 0 Å². The molecule has 4 rings (SSSR count). The summed E-state index contributed by atoms with van der Waals surface area (Å²) in [6, 6.07) is 28.6. The number of carbonyl (C=O) groups is 3. The summed E-state index contributed by atoms with van der Waals surface area (Å²) in [5.74, 6) is 0. The molecule has 0 heterocycles. The van der Waals surface area contributed by atoms with E-state index in [1.54, 1.807) is 36.4 Å². The van der Waals surface area contributed by atoms with Crippen LogP contribution < -0.4 is 0 Å². The molecule has 3 nitrogen and oxygen atoms in total. The van der Waals surface area contributed by atoms with Gasteiger partial charge in [-0.15, -0.1) is 0 Å². The summed E-state index contributed by atoms with van der Waals surface area (Å²) in [5.41, 5.74) is 7.92. The van der Waals surface area contributed by atoms with Gasteiger partial charge in [-0.3, -0.25) is 14.4 Å². The summed E-state index contributed by atoms with van der Waals surface area (Å²) in [5, 5.41) is 0. The van der Waals surface area contributed by atoms with Crippen molar-refractivity contribution in [3.63, 3.8) is 0 Å². The van der Waals surface area contributed by atoms with Crippen LogP contribution in [-0.2, 0) is 0 Å². The van der Waals surface area contributed by atoms with Crippen molar-refractivity contribution in [2.24, 2.45) is 0 Å². The molecule has 0 aliphatic carbocycles. The quantitative estimate of drug-likeness (QED) is 0.372. The second kappa shape index (κ2) is 8.50. The highest BCUT2D eigenvalue weighted by Gasteiger charge is 2.08. The Kier molecular flexibility index (Phi) is 5.44. The molecule has 4 aromatic rings. The fraction of sp³-hybridized carbons (Fsp3) is 0. The van der Waals surface area contributed by atoms with E-state index in [1.165, 1.54) is 0 Å². The lowest BCUT2D eigenvalue weighted by Crippen LogP contribution is -1.88. The minimum atomic E-state index is 0.629. The maximum atomic E-state index is 11.0. The monoisotopic (exact) mass is 390 g/mol. The summed E-state index contributed by atoms with van der Waals surface area (Å²) in [6.07, 6.45) is 2.48. The fourth-order valence-corrected chi connectivity index (χ4v) is 3.39. The first-order chi connectivity index (χ1) is 14.7. The van der Waals surface area contributed by atoms with Gasteiger partial charge in [0.05, 0.1) is 0 Å². The minimum Gasteiger partial charge on any atom is -0.298 e. The Balaban J connectivity index is 1.86. The van der Waals surface area contributed by atoms with Crippen molar-refractivity contribution in [3.8, 4) is 33.4 Å². The highest BCUT2D eigenvalue weighted by atomic mass is 16.1. The van der Waals surface area contributed by atoms with E-state index in [9.17, 15) is 14.4 Å². The van der Waals surface area contributed by atoms with Gasteiger partial charge in [-0.1, -0.05) is 72.8 Å². The molecule has 0 spiro atoms. The largest absolute Gasteiger partial charge is 0.298 e. The number of carbonyl (C=O) groups excluding carboxylic acids is 3. The van der Waals surface area contributed by atoms with Gasteiger partial charge >= 0.3 is 0 Å². The van der Waals surface area contributed by atoms with E-state index in [4.69, 9.17) is 0 Å². The Bertz CT molecular complexity index is 1030. The molecule has 0 saturated heterocycles. The van der Waals surface area contributed by atoms with Crippen molar-refractivity contribution in [1.29, 1.82) is 0 Å². The molecule has 0 aliphatic heterocycles. The van der Waals surface area contributed by atoms with E-state index < -0.39 is 0 Å². The first kappa shape index (κ1) is 19.2. The van der Waals surface area contributed by atoms with Crippen LogP contribution in [0, 0.1) is 0 Å². The second-order valence-corrected chi connectivity index (χ2v) is 7.02. The third-order valence-electron chi connectivity index (χ3n) is 5.07. The Hall–Kier alpha value is -4.11. The van der Waals surface area contributed by atoms with E-state index in [2.05, 4.69) is 18.2 Å². The molecule has 0 bridgehead atoms. The van der Waals surface area contributed by atoms with Crippen molar-refractivity contribution in [1.82, 2.24) is 0 Å². The SMILES string of the molecule is O=Cc1ccc(-c2cc(-c3ccc(C=O)cc3)cc(-c3ccc(C=O)cc3)c2)cc1. The van der Waals surface area contributed by atoms with Crippen LogP contribution in [0.25, 0.3) is 33.4 Å². The Morgan fingerprint density at radius 1 is 0.333 bits per heavy atom. The second-order valence-electron chi connectivity index (χ2n) is 7.02. The molecule has 30 heavy (non-hydrogen) atoms. The average molecular weight is 390 g/mol. The molecule has 0 N–H and O–H groups in total. The third-order valence-corrected chi connectivity index (χ3v) is 5.07. The average Bonchev–Trinajstić information content (AvgIpc) is 2.84. The fourth-order valence-electron chi connectivity index (χ4n) is 3.39. The molecule has 0 aromatic heterocycles.